The van der Waals surface area contributed by atoms with Gasteiger partial charge >= 0.3 is 0 Å². The van der Waals surface area contributed by atoms with E-state index in [9.17, 15) is 8.42 Å². The molecule has 0 aliphatic carbocycles. The van der Waals surface area contributed by atoms with Crippen molar-refractivity contribution in [1.29, 1.82) is 0 Å². The lowest BCUT2D eigenvalue weighted by Gasteiger charge is -2.08. The zero-order valence-corrected chi connectivity index (χ0v) is 13.1. The summed E-state index contributed by atoms with van der Waals surface area (Å²) in [4.78, 5) is 0.826. The van der Waals surface area contributed by atoms with Crippen molar-refractivity contribution in [2.75, 3.05) is 11.3 Å². The fourth-order valence-electron chi connectivity index (χ4n) is 1.89. The molecule has 2 aromatic rings. The average Bonchev–Trinajstić information content (AvgIpc) is 2.95. The van der Waals surface area contributed by atoms with Crippen LogP contribution in [0.4, 0.5) is 5.69 Å². The van der Waals surface area contributed by atoms with E-state index in [1.54, 1.807) is 30.3 Å². The standard InChI is InChI=1S/C14H18N2O3S2/c15-10-13-6-7-14(20-13)21(18,19)16-12-5-1-3-11(9-12)4-2-8-17/h1,3,5-7,9,16-17H,2,4,8,10,15H2. The number of nitrogens with one attached hydrogen (secondary N) is 1. The van der Waals surface area contributed by atoms with E-state index >= 15 is 0 Å². The van der Waals surface area contributed by atoms with Gasteiger partial charge in [0.05, 0.1) is 0 Å². The summed E-state index contributed by atoms with van der Waals surface area (Å²) in [5.74, 6) is 0. The molecule has 0 saturated carbocycles. The number of aliphatic hydroxyl groups is 1. The Hall–Kier alpha value is -1.41. The van der Waals surface area contributed by atoms with Gasteiger partial charge in [-0.3, -0.25) is 4.72 Å². The third-order valence-corrected chi connectivity index (χ3v) is 5.89. The Bertz CT molecular complexity index is 696. The molecule has 21 heavy (non-hydrogen) atoms. The highest BCUT2D eigenvalue weighted by Gasteiger charge is 2.16. The fraction of sp³-hybridized carbons (Fsp3) is 0.286. The van der Waals surface area contributed by atoms with Gasteiger partial charge in [0.25, 0.3) is 10.0 Å². The fourth-order valence-corrected chi connectivity index (χ4v) is 4.18. The number of anilines is 1. The number of thiophene rings is 1. The van der Waals surface area contributed by atoms with Crippen molar-refractivity contribution in [3.05, 3.63) is 46.8 Å². The molecule has 0 amide bonds. The predicted molar refractivity (Wildman–Crippen MR) is 84.9 cm³/mol. The second-order valence-electron chi connectivity index (χ2n) is 4.56. The van der Waals surface area contributed by atoms with Crippen molar-refractivity contribution >= 4 is 27.0 Å². The Morgan fingerprint density at radius 1 is 1.24 bits per heavy atom. The van der Waals surface area contributed by atoms with Crippen LogP contribution in [-0.4, -0.2) is 20.1 Å². The molecule has 0 saturated heterocycles. The zero-order valence-electron chi connectivity index (χ0n) is 11.5. The van der Waals surface area contributed by atoms with E-state index in [4.69, 9.17) is 10.8 Å². The van der Waals surface area contributed by atoms with E-state index in [0.717, 1.165) is 10.4 Å². The summed E-state index contributed by atoms with van der Waals surface area (Å²) < 4.78 is 27.4. The van der Waals surface area contributed by atoms with Gasteiger partial charge in [-0.2, -0.15) is 0 Å². The first-order valence-corrected chi connectivity index (χ1v) is 8.86. The summed E-state index contributed by atoms with van der Waals surface area (Å²) in [6.45, 7) is 0.448. The van der Waals surface area contributed by atoms with E-state index in [1.807, 2.05) is 6.07 Å². The maximum atomic E-state index is 12.3. The van der Waals surface area contributed by atoms with Crippen molar-refractivity contribution in [3.63, 3.8) is 0 Å². The monoisotopic (exact) mass is 326 g/mol. The minimum Gasteiger partial charge on any atom is -0.396 e. The van der Waals surface area contributed by atoms with Crippen molar-refractivity contribution in [2.24, 2.45) is 5.73 Å². The molecule has 4 N–H and O–H groups in total. The van der Waals surface area contributed by atoms with Crippen LogP contribution in [0.25, 0.3) is 0 Å². The minimum absolute atomic E-state index is 0.118. The van der Waals surface area contributed by atoms with Gasteiger partial charge in [-0.05, 0) is 42.7 Å². The van der Waals surface area contributed by atoms with Gasteiger partial charge in [0.2, 0.25) is 0 Å². The second kappa shape index (κ2) is 7.04. The summed E-state index contributed by atoms with van der Waals surface area (Å²) in [5.41, 5.74) is 7.01. The Balaban J connectivity index is 2.16. The second-order valence-corrected chi connectivity index (χ2v) is 7.64. The number of nitrogens with two attached hydrogens (primary N) is 1. The first kappa shape index (κ1) is 16.0. The Labute approximate surface area is 128 Å². The number of rotatable bonds is 7. The molecule has 1 heterocycles. The van der Waals surface area contributed by atoms with E-state index < -0.39 is 10.0 Å². The third kappa shape index (κ3) is 4.28. The average molecular weight is 326 g/mol. The van der Waals surface area contributed by atoms with Crippen molar-refractivity contribution in [2.45, 2.75) is 23.6 Å². The molecule has 1 aromatic heterocycles. The Morgan fingerprint density at radius 2 is 2.05 bits per heavy atom. The van der Waals surface area contributed by atoms with Crippen LogP contribution in [-0.2, 0) is 23.0 Å². The van der Waals surface area contributed by atoms with Crippen LogP contribution >= 0.6 is 11.3 Å². The van der Waals surface area contributed by atoms with Gasteiger partial charge < -0.3 is 10.8 Å². The summed E-state index contributed by atoms with van der Waals surface area (Å²) in [5, 5.41) is 8.84. The van der Waals surface area contributed by atoms with Crippen molar-refractivity contribution in [1.82, 2.24) is 0 Å². The molecular formula is C14H18N2O3S2. The molecule has 0 fully saturated rings. The maximum absolute atomic E-state index is 12.3. The van der Waals surface area contributed by atoms with Crippen LogP contribution in [0, 0.1) is 0 Å². The van der Waals surface area contributed by atoms with Crippen LogP contribution in [0.2, 0.25) is 0 Å². The smallest absolute Gasteiger partial charge is 0.271 e. The number of sulfonamides is 1. The summed E-state index contributed by atoms with van der Waals surface area (Å²) in [6.07, 6.45) is 1.36. The van der Waals surface area contributed by atoms with Gasteiger partial charge in [0.15, 0.2) is 0 Å². The number of hydrogen-bond acceptors (Lipinski definition) is 5. The Kier molecular flexibility index (Phi) is 5.35. The first-order chi connectivity index (χ1) is 10.0. The molecule has 0 radical (unpaired) electrons. The number of hydrogen-bond donors (Lipinski definition) is 3. The van der Waals surface area contributed by atoms with E-state index in [0.29, 0.717) is 25.1 Å². The molecule has 114 valence electrons. The minimum atomic E-state index is -3.58. The lowest BCUT2D eigenvalue weighted by atomic mass is 10.1. The molecule has 2 rings (SSSR count). The van der Waals surface area contributed by atoms with Crippen LogP contribution in [0.1, 0.15) is 16.9 Å². The van der Waals surface area contributed by atoms with E-state index in [1.165, 1.54) is 11.3 Å². The molecule has 0 aliphatic heterocycles. The van der Waals surface area contributed by atoms with Crippen molar-refractivity contribution in [3.8, 4) is 0 Å². The summed E-state index contributed by atoms with van der Waals surface area (Å²) in [7, 11) is -3.58. The van der Waals surface area contributed by atoms with Gasteiger partial charge in [0.1, 0.15) is 4.21 Å². The molecular weight excluding hydrogens is 308 g/mol. The summed E-state index contributed by atoms with van der Waals surface area (Å²) in [6, 6.07) is 10.5. The summed E-state index contributed by atoms with van der Waals surface area (Å²) >= 11 is 1.17. The van der Waals surface area contributed by atoms with Crippen LogP contribution in [0.5, 0.6) is 0 Å². The van der Waals surface area contributed by atoms with Crippen LogP contribution in [0.15, 0.2) is 40.6 Å². The van der Waals surface area contributed by atoms with Gasteiger partial charge in [-0.25, -0.2) is 8.42 Å². The SMILES string of the molecule is NCc1ccc(S(=O)(=O)Nc2cccc(CCCO)c2)s1. The molecule has 0 spiro atoms. The lowest BCUT2D eigenvalue weighted by Crippen LogP contribution is -2.11. The highest BCUT2D eigenvalue weighted by molar-refractivity contribution is 7.94. The molecule has 5 nitrogen and oxygen atoms in total. The molecule has 0 atom stereocenters. The van der Waals surface area contributed by atoms with E-state index in [2.05, 4.69) is 4.72 Å². The predicted octanol–water partition coefficient (Wildman–Crippen LogP) is 1.93. The van der Waals surface area contributed by atoms with Gasteiger partial charge in [-0.15, -0.1) is 11.3 Å². The lowest BCUT2D eigenvalue weighted by molar-refractivity contribution is 0.288. The molecule has 7 heteroatoms. The zero-order chi connectivity index (χ0) is 15.3. The Morgan fingerprint density at radius 3 is 2.71 bits per heavy atom. The topological polar surface area (TPSA) is 92.4 Å². The molecule has 0 unspecified atom stereocenters. The number of aryl methyl sites for hydroxylation is 1. The quantitative estimate of drug-likeness (QED) is 0.725. The third-order valence-electron chi connectivity index (χ3n) is 2.91. The molecule has 0 aliphatic rings. The number of aliphatic hydroxyl groups excluding tert-OH is 1. The normalized spacial score (nSPS) is 11.5. The largest absolute Gasteiger partial charge is 0.396 e. The molecule has 0 bridgehead atoms. The van der Waals surface area contributed by atoms with Gasteiger partial charge in [-0.1, -0.05) is 12.1 Å². The first-order valence-electron chi connectivity index (χ1n) is 6.56. The van der Waals surface area contributed by atoms with Gasteiger partial charge in [0, 0.05) is 23.7 Å². The van der Waals surface area contributed by atoms with Crippen molar-refractivity contribution < 1.29 is 13.5 Å². The number of benzene rings is 1. The maximum Gasteiger partial charge on any atom is 0.271 e. The van der Waals surface area contributed by atoms with E-state index in [-0.39, 0.29) is 10.8 Å². The highest BCUT2D eigenvalue weighted by atomic mass is 32.2. The van der Waals surface area contributed by atoms with Crippen LogP contribution in [0.3, 0.4) is 0 Å². The molecule has 1 aromatic carbocycles. The highest BCUT2D eigenvalue weighted by Crippen LogP contribution is 2.24. The van der Waals surface area contributed by atoms with Crippen LogP contribution < -0.4 is 10.5 Å².